The molecule has 2 rings (SSSR count). The molecule has 6 heteroatoms. The predicted molar refractivity (Wildman–Crippen MR) is 49.4 cm³/mol. The lowest BCUT2D eigenvalue weighted by atomic mass is 10.3. The van der Waals surface area contributed by atoms with Crippen LogP contribution in [0.4, 0.5) is 0 Å². The van der Waals surface area contributed by atoms with Crippen LogP contribution >= 0.6 is 12.4 Å². The van der Waals surface area contributed by atoms with Crippen LogP contribution in [-0.2, 0) is 0 Å². The molecule has 0 unspecified atom stereocenters. The molecular formula is C8H8ClNO4. The molecule has 0 atom stereocenters. The van der Waals surface area contributed by atoms with Gasteiger partial charge >= 0.3 is 5.97 Å². The molecule has 0 aliphatic carbocycles. The lowest BCUT2D eigenvalue weighted by molar-refractivity contribution is 0.0689. The minimum Gasteiger partial charge on any atom is -0.486 e. The maximum atomic E-state index is 10.5. The molecule has 1 aromatic heterocycles. The fourth-order valence-electron chi connectivity index (χ4n) is 1.07. The Morgan fingerprint density at radius 1 is 1.36 bits per heavy atom. The van der Waals surface area contributed by atoms with E-state index in [1.165, 1.54) is 12.3 Å². The van der Waals surface area contributed by atoms with Crippen molar-refractivity contribution in [2.45, 2.75) is 0 Å². The number of halogens is 1. The summed E-state index contributed by atoms with van der Waals surface area (Å²) < 4.78 is 10.4. The number of nitrogens with zero attached hydrogens (tertiary/aromatic N) is 1. The summed E-state index contributed by atoms with van der Waals surface area (Å²) in [6.45, 7) is 0.914. The summed E-state index contributed by atoms with van der Waals surface area (Å²) in [4.78, 5) is 14.2. The summed E-state index contributed by atoms with van der Waals surface area (Å²) in [6, 6.07) is 1.36. The van der Waals surface area contributed by atoms with Crippen molar-refractivity contribution in [2.75, 3.05) is 13.2 Å². The molecule has 1 aliphatic heterocycles. The third-order valence-corrected chi connectivity index (χ3v) is 1.65. The normalized spacial score (nSPS) is 12.9. The zero-order valence-electron chi connectivity index (χ0n) is 7.10. The molecule has 1 N–H and O–H groups in total. The van der Waals surface area contributed by atoms with Crippen molar-refractivity contribution < 1.29 is 19.4 Å². The van der Waals surface area contributed by atoms with Gasteiger partial charge in [-0.15, -0.1) is 12.4 Å². The Kier molecular flexibility index (Phi) is 3.14. The largest absolute Gasteiger partial charge is 0.486 e. The Morgan fingerprint density at radius 3 is 2.64 bits per heavy atom. The third-order valence-electron chi connectivity index (χ3n) is 1.65. The van der Waals surface area contributed by atoms with Gasteiger partial charge in [0.15, 0.2) is 17.2 Å². The van der Waals surface area contributed by atoms with Crippen molar-refractivity contribution in [3.8, 4) is 11.5 Å². The molecule has 1 aliphatic rings. The van der Waals surface area contributed by atoms with Crippen LogP contribution in [-0.4, -0.2) is 29.3 Å². The van der Waals surface area contributed by atoms with E-state index >= 15 is 0 Å². The van der Waals surface area contributed by atoms with Crippen LogP contribution in [0.2, 0.25) is 0 Å². The average Bonchev–Trinajstić information content (AvgIpc) is 2.17. The second kappa shape index (κ2) is 4.15. The van der Waals surface area contributed by atoms with Crippen LogP contribution in [0.15, 0.2) is 12.3 Å². The number of carboxylic acids is 1. The second-order valence-electron chi connectivity index (χ2n) is 2.52. The maximum absolute atomic E-state index is 10.5. The number of aromatic nitrogens is 1. The SMILES string of the molecule is Cl.O=C(O)c1cc2c(cn1)OCCO2. The first-order valence-corrected chi connectivity index (χ1v) is 3.76. The number of pyridine rings is 1. The van der Waals surface area contributed by atoms with Gasteiger partial charge in [0.2, 0.25) is 0 Å². The van der Waals surface area contributed by atoms with E-state index in [2.05, 4.69) is 4.98 Å². The van der Waals surface area contributed by atoms with Crippen molar-refractivity contribution in [3.63, 3.8) is 0 Å². The van der Waals surface area contributed by atoms with Gasteiger partial charge < -0.3 is 14.6 Å². The zero-order chi connectivity index (χ0) is 9.26. The number of rotatable bonds is 1. The molecule has 76 valence electrons. The van der Waals surface area contributed by atoms with Crippen LogP contribution < -0.4 is 9.47 Å². The van der Waals surface area contributed by atoms with Crippen LogP contribution in [0.3, 0.4) is 0 Å². The van der Waals surface area contributed by atoms with Crippen LogP contribution in [0, 0.1) is 0 Å². The van der Waals surface area contributed by atoms with E-state index in [4.69, 9.17) is 14.6 Å². The van der Waals surface area contributed by atoms with Crippen molar-refractivity contribution in [2.24, 2.45) is 0 Å². The van der Waals surface area contributed by atoms with E-state index in [1.54, 1.807) is 0 Å². The van der Waals surface area contributed by atoms with E-state index in [0.29, 0.717) is 24.7 Å². The second-order valence-corrected chi connectivity index (χ2v) is 2.52. The lowest BCUT2D eigenvalue weighted by Crippen LogP contribution is -2.16. The predicted octanol–water partition coefficient (Wildman–Crippen LogP) is 0.973. The highest BCUT2D eigenvalue weighted by Gasteiger charge is 2.15. The van der Waals surface area contributed by atoms with Gasteiger partial charge in [0.1, 0.15) is 13.2 Å². The van der Waals surface area contributed by atoms with E-state index < -0.39 is 5.97 Å². The monoisotopic (exact) mass is 217 g/mol. The molecule has 0 saturated heterocycles. The number of ether oxygens (including phenoxy) is 2. The van der Waals surface area contributed by atoms with Gasteiger partial charge in [0.25, 0.3) is 0 Å². The van der Waals surface area contributed by atoms with Crippen molar-refractivity contribution >= 4 is 18.4 Å². The van der Waals surface area contributed by atoms with Crippen molar-refractivity contribution in [3.05, 3.63) is 18.0 Å². The van der Waals surface area contributed by atoms with Crippen LogP contribution in [0.1, 0.15) is 10.5 Å². The molecule has 0 spiro atoms. The first-order valence-electron chi connectivity index (χ1n) is 3.76. The Labute approximate surface area is 86.1 Å². The number of carbonyl (C=O) groups is 1. The molecule has 0 fully saturated rings. The molecule has 0 aromatic carbocycles. The van der Waals surface area contributed by atoms with Crippen LogP contribution in [0.5, 0.6) is 11.5 Å². The Morgan fingerprint density at radius 2 is 2.00 bits per heavy atom. The minimum absolute atomic E-state index is 0. The first-order chi connectivity index (χ1) is 6.27. The van der Waals surface area contributed by atoms with Crippen molar-refractivity contribution in [1.29, 1.82) is 0 Å². The molecule has 1 aromatic rings. The number of hydrogen-bond acceptors (Lipinski definition) is 4. The Bertz CT molecular complexity index is 355. The van der Waals surface area contributed by atoms with E-state index in [1.807, 2.05) is 0 Å². The van der Waals surface area contributed by atoms with Gasteiger partial charge in [-0.2, -0.15) is 0 Å². The summed E-state index contributed by atoms with van der Waals surface area (Å²) in [5, 5.41) is 8.63. The summed E-state index contributed by atoms with van der Waals surface area (Å²) in [5.41, 5.74) is -0.0377. The molecule has 2 heterocycles. The topological polar surface area (TPSA) is 68.7 Å². The molecular weight excluding hydrogens is 210 g/mol. The average molecular weight is 218 g/mol. The first kappa shape index (κ1) is 10.6. The van der Waals surface area contributed by atoms with Crippen molar-refractivity contribution in [1.82, 2.24) is 4.98 Å². The van der Waals surface area contributed by atoms with Gasteiger partial charge in [-0.1, -0.05) is 0 Å². The number of hydrogen-bond donors (Lipinski definition) is 1. The van der Waals surface area contributed by atoms with Gasteiger partial charge in [0.05, 0.1) is 6.20 Å². The number of fused-ring (bicyclic) bond motifs is 1. The number of carboxylic acid groups (broad SMARTS) is 1. The van der Waals surface area contributed by atoms with Crippen LogP contribution in [0.25, 0.3) is 0 Å². The van der Waals surface area contributed by atoms with E-state index in [-0.39, 0.29) is 18.1 Å². The summed E-state index contributed by atoms with van der Waals surface area (Å²) in [6.07, 6.45) is 1.36. The smallest absolute Gasteiger partial charge is 0.354 e. The van der Waals surface area contributed by atoms with Gasteiger partial charge in [0, 0.05) is 6.07 Å². The molecule has 0 amide bonds. The van der Waals surface area contributed by atoms with E-state index in [9.17, 15) is 4.79 Å². The summed E-state index contributed by atoms with van der Waals surface area (Å²) in [5.74, 6) is -0.133. The van der Waals surface area contributed by atoms with E-state index in [0.717, 1.165) is 0 Å². The molecule has 14 heavy (non-hydrogen) atoms. The fraction of sp³-hybridized carbons (Fsp3) is 0.250. The Hall–Kier alpha value is -1.49. The van der Waals surface area contributed by atoms with Gasteiger partial charge in [-0.25, -0.2) is 9.78 Å². The number of aromatic carboxylic acids is 1. The molecule has 5 nitrogen and oxygen atoms in total. The highest BCUT2D eigenvalue weighted by Crippen LogP contribution is 2.29. The maximum Gasteiger partial charge on any atom is 0.354 e. The summed E-state index contributed by atoms with van der Waals surface area (Å²) in [7, 11) is 0. The minimum atomic E-state index is -1.07. The molecule has 0 radical (unpaired) electrons. The Balaban J connectivity index is 0.000000980. The molecule has 0 saturated carbocycles. The standard InChI is InChI=1S/C8H7NO4.ClH/c10-8(11)5-3-6-7(4-9-5)13-2-1-12-6;/h3-4H,1-2H2,(H,10,11);1H. The van der Waals surface area contributed by atoms with Gasteiger partial charge in [-0.3, -0.25) is 0 Å². The highest BCUT2D eigenvalue weighted by molar-refractivity contribution is 5.86. The zero-order valence-corrected chi connectivity index (χ0v) is 7.91. The third kappa shape index (κ3) is 1.88. The quantitative estimate of drug-likeness (QED) is 0.759. The summed E-state index contributed by atoms with van der Waals surface area (Å²) >= 11 is 0. The fourth-order valence-corrected chi connectivity index (χ4v) is 1.07. The molecule has 0 bridgehead atoms. The van der Waals surface area contributed by atoms with Gasteiger partial charge in [-0.05, 0) is 0 Å². The highest BCUT2D eigenvalue weighted by atomic mass is 35.5. The lowest BCUT2D eigenvalue weighted by Gasteiger charge is -2.17.